The Hall–Kier alpha value is -3.49. The average Bonchev–Trinajstić information content (AvgIpc) is 2.79. The minimum absolute atomic E-state index is 0. The van der Waals surface area contributed by atoms with Crippen LogP contribution < -0.4 is 39.0 Å². The molecule has 0 spiro atoms. The van der Waals surface area contributed by atoms with E-state index in [-0.39, 0.29) is 64.7 Å². The second kappa shape index (κ2) is 15.3. The van der Waals surface area contributed by atoms with E-state index in [2.05, 4.69) is 4.18 Å². The number of rotatable bonds is 3. The molecule has 2 N–H and O–H groups in total. The quantitative estimate of drug-likeness (QED) is 0.309. The first-order valence-electron chi connectivity index (χ1n) is 8.20. The monoisotopic (exact) mass is 482 g/mol. The van der Waals surface area contributed by atoms with Gasteiger partial charge in [-0.05, 0) is 24.3 Å². The van der Waals surface area contributed by atoms with Gasteiger partial charge in [0.25, 0.3) is 10.1 Å². The summed E-state index contributed by atoms with van der Waals surface area (Å²) in [5.41, 5.74) is 0.0127. The normalized spacial score (nSPS) is 8.85. The first-order chi connectivity index (χ1) is 15.0. The molecule has 0 amide bonds. The van der Waals surface area contributed by atoms with Gasteiger partial charge in [0, 0.05) is 0 Å². The maximum atomic E-state index is 9.78. The summed E-state index contributed by atoms with van der Waals surface area (Å²) in [5.74, 6) is 0.161. The zero-order valence-corrected chi connectivity index (χ0v) is 21.3. The van der Waals surface area contributed by atoms with Crippen LogP contribution in [0.3, 0.4) is 0 Å². The van der Waals surface area contributed by atoms with Crippen molar-refractivity contribution >= 4 is 10.1 Å². The summed E-state index contributed by atoms with van der Waals surface area (Å²) in [5, 5.41) is 52.8. The molecular weight excluding hydrogens is 463 g/mol. The van der Waals surface area contributed by atoms with Gasteiger partial charge in [0.05, 0.1) is 27.6 Å². The molecule has 13 heteroatoms. The largest absolute Gasteiger partial charge is 1.00 e. The Morgan fingerprint density at radius 1 is 0.727 bits per heavy atom. The van der Waals surface area contributed by atoms with Crippen LogP contribution in [0, 0.1) is 45.3 Å². The van der Waals surface area contributed by atoms with Crippen LogP contribution in [0.15, 0.2) is 24.3 Å². The predicted molar refractivity (Wildman–Crippen MR) is 111 cm³/mol. The van der Waals surface area contributed by atoms with E-state index in [0.717, 1.165) is 25.5 Å². The molecule has 0 unspecified atom stereocenters. The zero-order valence-electron chi connectivity index (χ0n) is 19.4. The number of ether oxygens (including phenoxy) is 2. The molecule has 11 nitrogen and oxygen atoms in total. The van der Waals surface area contributed by atoms with Crippen molar-refractivity contribution in [3.8, 4) is 47.3 Å². The van der Waals surface area contributed by atoms with Crippen molar-refractivity contribution < 1.29 is 63.3 Å². The summed E-state index contributed by atoms with van der Waals surface area (Å²) in [6.07, 6.45) is 0.993. The van der Waals surface area contributed by atoms with Gasteiger partial charge in [-0.15, -0.1) is 0 Å². The number of methoxy groups -OCH3 is 2. The van der Waals surface area contributed by atoms with E-state index in [1.807, 2.05) is 12.1 Å². The van der Waals surface area contributed by atoms with E-state index in [9.17, 15) is 8.42 Å². The molecule has 0 radical (unpaired) electrons. The molecule has 0 aliphatic rings. The van der Waals surface area contributed by atoms with Gasteiger partial charge in [0.2, 0.25) is 0 Å². The summed E-state index contributed by atoms with van der Waals surface area (Å²) in [4.78, 5) is 0. The summed E-state index contributed by atoms with van der Waals surface area (Å²) in [7, 11) is 0.855. The second-order valence-corrected chi connectivity index (χ2v) is 7.13. The number of nitriles is 4. The molecule has 2 rings (SSSR count). The summed E-state index contributed by atoms with van der Waals surface area (Å²) in [6.45, 7) is 0. The second-order valence-electron chi connectivity index (χ2n) is 5.39. The summed E-state index contributed by atoms with van der Waals surface area (Å²) >= 11 is 0. The van der Waals surface area contributed by atoms with Crippen molar-refractivity contribution in [2.45, 2.75) is 0 Å². The van der Waals surface area contributed by atoms with Crippen molar-refractivity contribution in [1.29, 1.82) is 21.0 Å². The zero-order chi connectivity index (χ0) is 24.9. The Balaban J connectivity index is -0.000000441. The third-order valence-corrected chi connectivity index (χ3v) is 4.09. The van der Waals surface area contributed by atoms with Crippen molar-refractivity contribution in [1.82, 2.24) is 0 Å². The molecule has 2 aromatic rings. The number of phenolic OH excluding ortho intramolecular Hbond substituents is 2. The Morgan fingerprint density at radius 3 is 1.18 bits per heavy atom. The number of phenols is 2. The standard InChI is InChI=1S/C10H8N2O2.C8H4N2O2.C2H6O3S.Na.H/c1-13-9-3-4-10(14-2)8(6-12)7(9)5-11;9-3-5-6(4-10)8(12)2-1-7(5)11;1-5-6(2,3)4;;/h3-4H,1-2H3;1-2,11-12H;1-2H3;;/q;;;+1;-1. The van der Waals surface area contributed by atoms with Gasteiger partial charge < -0.3 is 21.1 Å². The molecule has 0 fully saturated rings. The minimum atomic E-state index is -3.16. The van der Waals surface area contributed by atoms with E-state index >= 15 is 0 Å². The first kappa shape index (κ1) is 31.7. The van der Waals surface area contributed by atoms with E-state index in [1.54, 1.807) is 24.3 Å². The van der Waals surface area contributed by atoms with Crippen LogP contribution in [0.25, 0.3) is 0 Å². The van der Waals surface area contributed by atoms with Crippen molar-refractivity contribution in [2.75, 3.05) is 27.6 Å². The summed E-state index contributed by atoms with van der Waals surface area (Å²) < 4.78 is 33.4. The molecule has 0 aliphatic heterocycles. The first-order valence-corrected chi connectivity index (χ1v) is 10.0. The maximum absolute atomic E-state index is 9.78. The number of benzene rings is 2. The van der Waals surface area contributed by atoms with Crippen LogP contribution in [0.2, 0.25) is 0 Å². The molecule has 168 valence electrons. The fourth-order valence-electron chi connectivity index (χ4n) is 1.93. The number of aromatic hydroxyl groups is 2. The number of hydrogen-bond donors (Lipinski definition) is 2. The van der Waals surface area contributed by atoms with Crippen LogP contribution in [0.4, 0.5) is 0 Å². The molecule has 0 aromatic heterocycles. The third-order valence-electron chi connectivity index (χ3n) is 3.48. The Labute approximate surface area is 215 Å². The Bertz CT molecular complexity index is 1160. The number of nitrogens with zero attached hydrogens (tertiary/aromatic N) is 4. The topological polar surface area (TPSA) is 197 Å². The molecular formula is C20H19N4NaO7S. The molecule has 0 aliphatic carbocycles. The molecule has 0 heterocycles. The molecule has 0 bridgehead atoms. The fourth-order valence-corrected chi connectivity index (χ4v) is 1.93. The van der Waals surface area contributed by atoms with Gasteiger partial charge in [-0.3, -0.25) is 4.18 Å². The van der Waals surface area contributed by atoms with Crippen LogP contribution in [-0.2, 0) is 14.3 Å². The van der Waals surface area contributed by atoms with Crippen LogP contribution in [0.1, 0.15) is 23.7 Å². The fraction of sp³-hybridized carbons (Fsp3) is 0.200. The maximum Gasteiger partial charge on any atom is 1.00 e. The third kappa shape index (κ3) is 9.67. The van der Waals surface area contributed by atoms with Crippen LogP contribution >= 0.6 is 0 Å². The average molecular weight is 482 g/mol. The molecule has 2 aromatic carbocycles. The summed E-state index contributed by atoms with van der Waals surface area (Å²) in [6, 6.07) is 12.6. The number of hydrogen-bond acceptors (Lipinski definition) is 11. The van der Waals surface area contributed by atoms with Crippen LogP contribution in [-0.4, -0.2) is 46.2 Å². The van der Waals surface area contributed by atoms with E-state index in [0.29, 0.717) is 11.5 Å². The van der Waals surface area contributed by atoms with Gasteiger partial charge >= 0.3 is 29.6 Å². The minimum Gasteiger partial charge on any atom is -1.00 e. The van der Waals surface area contributed by atoms with Gasteiger partial charge in [0.1, 0.15) is 69.5 Å². The van der Waals surface area contributed by atoms with Crippen molar-refractivity contribution in [3.63, 3.8) is 0 Å². The Morgan fingerprint density at radius 2 is 1.00 bits per heavy atom. The van der Waals surface area contributed by atoms with Gasteiger partial charge in [0.15, 0.2) is 0 Å². The van der Waals surface area contributed by atoms with Crippen molar-refractivity contribution in [2.24, 2.45) is 0 Å². The Kier molecular flexibility index (Phi) is 14.7. The van der Waals surface area contributed by atoms with E-state index in [1.165, 1.54) is 14.2 Å². The van der Waals surface area contributed by atoms with E-state index in [4.69, 9.17) is 40.7 Å². The predicted octanol–water partition coefficient (Wildman–Crippen LogP) is -1.00. The molecule has 0 saturated carbocycles. The van der Waals surface area contributed by atoms with Gasteiger partial charge in [-0.1, -0.05) is 0 Å². The van der Waals surface area contributed by atoms with Crippen molar-refractivity contribution in [3.05, 3.63) is 46.5 Å². The van der Waals surface area contributed by atoms with Gasteiger partial charge in [-0.25, -0.2) is 0 Å². The van der Waals surface area contributed by atoms with E-state index < -0.39 is 10.1 Å². The molecule has 0 saturated heterocycles. The SMILES string of the molecule is COS(C)(=O)=O.COc1ccc(OC)c(C#N)c1C#N.N#Cc1c(O)ccc(O)c1C#N.[H-].[Na+]. The molecule has 33 heavy (non-hydrogen) atoms. The van der Waals surface area contributed by atoms with Crippen LogP contribution in [0.5, 0.6) is 23.0 Å². The van der Waals surface area contributed by atoms with Gasteiger partial charge in [-0.2, -0.15) is 29.5 Å². The smallest absolute Gasteiger partial charge is 1.00 e. The molecule has 0 atom stereocenters.